The molecule has 2 N–H and O–H groups in total. The Morgan fingerprint density at radius 1 is 1.20 bits per heavy atom. The third kappa shape index (κ3) is 1.30. The lowest BCUT2D eigenvalue weighted by Gasteiger charge is -2.29. The van der Waals surface area contributed by atoms with Gasteiger partial charge in [-0.1, -0.05) is 6.07 Å². The maximum atomic E-state index is 12.5. The summed E-state index contributed by atoms with van der Waals surface area (Å²) < 4.78 is 0. The molecule has 1 saturated heterocycles. The molecule has 2 aromatic rings. The smallest absolute Gasteiger partial charge is 0.259 e. The highest BCUT2D eigenvalue weighted by Crippen LogP contribution is 2.39. The van der Waals surface area contributed by atoms with Crippen LogP contribution in [0.2, 0.25) is 0 Å². The summed E-state index contributed by atoms with van der Waals surface area (Å²) in [6.07, 6.45) is 1.78. The number of benzene rings is 1. The van der Waals surface area contributed by atoms with Crippen LogP contribution in [0.1, 0.15) is 16.8 Å². The van der Waals surface area contributed by atoms with E-state index in [1.54, 1.807) is 18.3 Å². The molecule has 4 rings (SSSR count). The molecule has 0 radical (unpaired) electrons. The lowest BCUT2D eigenvalue weighted by Crippen LogP contribution is -2.54. The third-order valence-electron chi connectivity index (χ3n) is 3.89. The minimum atomic E-state index is -0.754. The van der Waals surface area contributed by atoms with Crippen LogP contribution in [0.3, 0.4) is 0 Å². The molecule has 1 aromatic carbocycles. The minimum Gasteiger partial charge on any atom is -0.359 e. The van der Waals surface area contributed by atoms with Crippen LogP contribution in [0.15, 0.2) is 24.4 Å². The molecule has 0 bridgehead atoms. The molecule has 1 atom stereocenters. The van der Waals surface area contributed by atoms with Crippen LogP contribution < -0.4 is 10.2 Å². The number of aromatic nitrogens is 1. The molecule has 1 aromatic heterocycles. The second kappa shape index (κ2) is 3.69. The summed E-state index contributed by atoms with van der Waals surface area (Å²) in [6, 6.07) is 4.66. The number of hydrogen-bond donors (Lipinski definition) is 2. The summed E-state index contributed by atoms with van der Waals surface area (Å²) in [4.78, 5) is 40.6. The first-order chi connectivity index (χ1) is 9.66. The van der Waals surface area contributed by atoms with E-state index in [4.69, 9.17) is 0 Å². The molecule has 20 heavy (non-hydrogen) atoms. The number of Topliss-reactive ketones (excluding diaryl/α,β-unsaturated/α-hetero) is 1. The predicted octanol–water partition coefficient (Wildman–Crippen LogP) is 0.586. The molecule has 6 nitrogen and oxygen atoms in total. The number of nitrogens with zero attached hydrogens (tertiary/aromatic N) is 1. The van der Waals surface area contributed by atoms with Gasteiger partial charge in [0, 0.05) is 23.5 Å². The predicted molar refractivity (Wildman–Crippen MR) is 71.5 cm³/mol. The number of ketones is 1. The first-order valence-electron chi connectivity index (χ1n) is 6.40. The normalized spacial score (nSPS) is 21.7. The summed E-state index contributed by atoms with van der Waals surface area (Å²) in [5.41, 5.74) is 2.11. The molecular weight excluding hydrogens is 258 g/mol. The molecule has 0 aliphatic carbocycles. The average molecular weight is 269 g/mol. The van der Waals surface area contributed by atoms with Gasteiger partial charge in [-0.15, -0.1) is 0 Å². The Hall–Kier alpha value is -2.63. The zero-order valence-electron chi connectivity index (χ0n) is 10.5. The molecule has 1 fully saturated rings. The molecule has 1 unspecified atom stereocenters. The molecule has 3 heterocycles. The van der Waals surface area contributed by atoms with Crippen molar-refractivity contribution in [2.24, 2.45) is 0 Å². The number of carbonyl (C=O) groups excluding carboxylic acids is 3. The van der Waals surface area contributed by atoms with Gasteiger partial charge in [0.15, 0.2) is 5.78 Å². The Bertz CT molecular complexity index is 777. The van der Waals surface area contributed by atoms with Gasteiger partial charge in [-0.2, -0.15) is 0 Å². The Balaban J connectivity index is 1.86. The van der Waals surface area contributed by atoms with E-state index < -0.39 is 6.04 Å². The number of nitrogens with one attached hydrogen (secondary N) is 2. The second-order valence-corrected chi connectivity index (χ2v) is 5.05. The molecule has 6 heteroatoms. The second-order valence-electron chi connectivity index (χ2n) is 5.05. The topological polar surface area (TPSA) is 82.3 Å². The average Bonchev–Trinajstić information content (AvgIpc) is 2.98. The zero-order chi connectivity index (χ0) is 13.9. The summed E-state index contributed by atoms with van der Waals surface area (Å²) in [7, 11) is 0. The van der Waals surface area contributed by atoms with Crippen LogP contribution in [0.5, 0.6) is 0 Å². The highest BCUT2D eigenvalue weighted by atomic mass is 16.2. The quantitative estimate of drug-likeness (QED) is 0.794. The molecule has 2 aliphatic rings. The first-order valence-corrected chi connectivity index (χ1v) is 6.40. The summed E-state index contributed by atoms with van der Waals surface area (Å²) >= 11 is 0. The zero-order valence-corrected chi connectivity index (χ0v) is 10.5. The van der Waals surface area contributed by atoms with Crippen LogP contribution >= 0.6 is 0 Å². The molecule has 0 saturated carbocycles. The Labute approximate surface area is 113 Å². The minimum absolute atomic E-state index is 0.0485. The lowest BCUT2D eigenvalue weighted by atomic mass is 10.0. The van der Waals surface area contributed by atoms with Crippen molar-refractivity contribution < 1.29 is 14.4 Å². The number of carbonyl (C=O) groups is 3. The van der Waals surface area contributed by atoms with Crippen molar-refractivity contribution in [2.75, 3.05) is 11.4 Å². The largest absolute Gasteiger partial charge is 0.359 e. The van der Waals surface area contributed by atoms with Crippen molar-refractivity contribution in [1.82, 2.24) is 10.3 Å². The maximum absolute atomic E-state index is 12.5. The van der Waals surface area contributed by atoms with E-state index in [9.17, 15) is 14.4 Å². The molecule has 100 valence electrons. The standard InChI is InChI=1S/C14H11N3O3/c18-7-4-10(13(19)16-5-7)17-11-6-15-9-3-1-2-8(12(9)11)14(17)20/h1-3,6,10,15H,4-5H2,(H,16,19). The molecule has 2 amide bonds. The Kier molecular flexibility index (Phi) is 2.07. The Morgan fingerprint density at radius 3 is 2.90 bits per heavy atom. The lowest BCUT2D eigenvalue weighted by molar-refractivity contribution is -0.131. The molecule has 0 spiro atoms. The number of anilines is 1. The van der Waals surface area contributed by atoms with Gasteiger partial charge in [0.2, 0.25) is 5.91 Å². The van der Waals surface area contributed by atoms with Crippen LogP contribution in [-0.2, 0) is 9.59 Å². The monoisotopic (exact) mass is 269 g/mol. The van der Waals surface area contributed by atoms with E-state index in [1.165, 1.54) is 4.90 Å². The van der Waals surface area contributed by atoms with Gasteiger partial charge in [0.1, 0.15) is 6.04 Å². The number of amides is 2. The van der Waals surface area contributed by atoms with Crippen LogP contribution in [0.25, 0.3) is 10.9 Å². The van der Waals surface area contributed by atoms with E-state index in [2.05, 4.69) is 10.3 Å². The Morgan fingerprint density at radius 2 is 2.05 bits per heavy atom. The maximum Gasteiger partial charge on any atom is 0.259 e. The highest BCUT2D eigenvalue weighted by Gasteiger charge is 2.41. The number of rotatable bonds is 1. The fourth-order valence-corrected chi connectivity index (χ4v) is 2.98. The third-order valence-corrected chi connectivity index (χ3v) is 3.89. The fourth-order valence-electron chi connectivity index (χ4n) is 2.98. The van der Waals surface area contributed by atoms with Crippen molar-refractivity contribution >= 4 is 34.2 Å². The highest BCUT2D eigenvalue weighted by molar-refractivity contribution is 6.27. The van der Waals surface area contributed by atoms with Gasteiger partial charge < -0.3 is 10.3 Å². The molecular formula is C14H11N3O3. The van der Waals surface area contributed by atoms with Crippen molar-refractivity contribution in [3.63, 3.8) is 0 Å². The summed E-state index contributed by atoms with van der Waals surface area (Å²) in [5, 5.41) is 3.36. The number of hydrogen-bond acceptors (Lipinski definition) is 3. The summed E-state index contributed by atoms with van der Waals surface area (Å²) in [6.45, 7) is 0.0485. The number of aromatic amines is 1. The first kappa shape index (κ1) is 11.2. The van der Waals surface area contributed by atoms with Gasteiger partial charge >= 0.3 is 0 Å². The molecule has 2 aliphatic heterocycles. The van der Waals surface area contributed by atoms with Gasteiger partial charge in [0.05, 0.1) is 17.8 Å². The number of piperidine rings is 1. The SMILES string of the molecule is O=C1CNC(=O)C(N2C(=O)c3cccc4[nH]cc2c34)C1. The van der Waals surface area contributed by atoms with E-state index in [1.807, 2.05) is 6.07 Å². The fraction of sp³-hybridized carbons (Fsp3) is 0.214. The van der Waals surface area contributed by atoms with Gasteiger partial charge in [-0.3, -0.25) is 19.3 Å². The van der Waals surface area contributed by atoms with Gasteiger partial charge in [0.25, 0.3) is 5.91 Å². The van der Waals surface area contributed by atoms with Crippen molar-refractivity contribution in [1.29, 1.82) is 0 Å². The van der Waals surface area contributed by atoms with Crippen molar-refractivity contribution in [3.8, 4) is 0 Å². The van der Waals surface area contributed by atoms with Crippen molar-refractivity contribution in [2.45, 2.75) is 12.5 Å². The van der Waals surface area contributed by atoms with Crippen LogP contribution in [0, 0.1) is 0 Å². The van der Waals surface area contributed by atoms with Crippen LogP contribution in [-0.4, -0.2) is 35.2 Å². The van der Waals surface area contributed by atoms with Crippen molar-refractivity contribution in [3.05, 3.63) is 30.0 Å². The van der Waals surface area contributed by atoms with E-state index in [-0.39, 0.29) is 30.6 Å². The van der Waals surface area contributed by atoms with E-state index in [0.29, 0.717) is 11.3 Å². The van der Waals surface area contributed by atoms with E-state index >= 15 is 0 Å². The van der Waals surface area contributed by atoms with Crippen LogP contribution in [0.4, 0.5) is 5.69 Å². The van der Waals surface area contributed by atoms with E-state index in [0.717, 1.165) is 10.9 Å². The summed E-state index contributed by atoms with van der Waals surface area (Å²) in [5.74, 6) is -0.560. The van der Waals surface area contributed by atoms with Gasteiger partial charge in [-0.25, -0.2) is 0 Å². The van der Waals surface area contributed by atoms with Gasteiger partial charge in [-0.05, 0) is 12.1 Å². The number of H-pyrrole nitrogens is 1.